The van der Waals surface area contributed by atoms with Crippen LogP contribution in [-0.4, -0.2) is 49.5 Å². The van der Waals surface area contributed by atoms with Crippen LogP contribution in [0.1, 0.15) is 0 Å². The summed E-state index contributed by atoms with van der Waals surface area (Å²) in [6.07, 6.45) is 0. The number of amidine groups is 1. The Kier molecular flexibility index (Phi) is 5.78. The van der Waals surface area contributed by atoms with Crippen molar-refractivity contribution in [3.8, 4) is 5.75 Å². The highest BCUT2D eigenvalue weighted by Crippen LogP contribution is 2.37. The van der Waals surface area contributed by atoms with Crippen molar-refractivity contribution in [2.24, 2.45) is 4.99 Å². The van der Waals surface area contributed by atoms with Gasteiger partial charge in [0.1, 0.15) is 5.75 Å². The molecule has 0 amide bonds. The van der Waals surface area contributed by atoms with E-state index in [2.05, 4.69) is 0 Å². The Morgan fingerprint density at radius 1 is 1.11 bits per heavy atom. The summed E-state index contributed by atoms with van der Waals surface area (Å²) in [6.45, 7) is 0.519. The summed E-state index contributed by atoms with van der Waals surface area (Å²) in [5.41, 5.74) is 0.761. The third-order valence-electron chi connectivity index (χ3n) is 4.56. The Labute approximate surface area is 178 Å². The molecule has 0 spiro atoms. The molecule has 1 saturated heterocycles. The van der Waals surface area contributed by atoms with Crippen molar-refractivity contribution < 1.29 is 13.2 Å². The molecule has 2 aliphatic heterocycles. The second kappa shape index (κ2) is 8.14. The van der Waals surface area contributed by atoms with Gasteiger partial charge in [-0.05, 0) is 30.3 Å². The number of rotatable bonds is 5. The first kappa shape index (κ1) is 19.9. The molecule has 1 fully saturated rings. The summed E-state index contributed by atoms with van der Waals surface area (Å²) in [7, 11) is -3.10. The van der Waals surface area contributed by atoms with E-state index in [1.165, 1.54) is 0 Å². The SMILES string of the molecule is O=S1(=O)C[C@@H]2[C@@H](C1)N=C(SCCOc1ccccc1)N2c1cc(Cl)cc(Cl)c1. The molecule has 148 valence electrons. The van der Waals surface area contributed by atoms with E-state index in [0.29, 0.717) is 22.4 Å². The minimum Gasteiger partial charge on any atom is -0.493 e. The number of nitrogens with zero attached hydrogens (tertiary/aromatic N) is 2. The van der Waals surface area contributed by atoms with Crippen LogP contribution in [0.2, 0.25) is 10.0 Å². The summed E-state index contributed by atoms with van der Waals surface area (Å²) in [5.74, 6) is 1.66. The van der Waals surface area contributed by atoms with Crippen LogP contribution < -0.4 is 9.64 Å². The zero-order valence-corrected chi connectivity index (χ0v) is 17.9. The number of hydrogen-bond acceptors (Lipinski definition) is 6. The molecule has 2 aliphatic rings. The number of anilines is 1. The normalized spacial score (nSPS) is 22.8. The third kappa shape index (κ3) is 4.43. The van der Waals surface area contributed by atoms with Gasteiger partial charge in [0, 0.05) is 21.5 Å². The molecule has 28 heavy (non-hydrogen) atoms. The van der Waals surface area contributed by atoms with E-state index in [1.807, 2.05) is 35.2 Å². The lowest BCUT2D eigenvalue weighted by molar-refractivity contribution is 0.344. The number of ether oxygens (including phenoxy) is 1. The molecule has 0 bridgehead atoms. The molecule has 2 atom stereocenters. The second-order valence-electron chi connectivity index (χ2n) is 6.63. The van der Waals surface area contributed by atoms with Gasteiger partial charge in [0.2, 0.25) is 0 Å². The smallest absolute Gasteiger partial charge is 0.164 e. The van der Waals surface area contributed by atoms with Crippen LogP contribution >= 0.6 is 35.0 Å². The summed E-state index contributed by atoms with van der Waals surface area (Å²) < 4.78 is 29.9. The second-order valence-corrected chi connectivity index (χ2v) is 10.7. The first-order valence-corrected chi connectivity index (χ1v) is 12.3. The summed E-state index contributed by atoms with van der Waals surface area (Å²) in [5, 5.41) is 1.78. The number of para-hydroxylation sites is 1. The van der Waals surface area contributed by atoms with Crippen molar-refractivity contribution in [1.29, 1.82) is 0 Å². The van der Waals surface area contributed by atoms with Crippen molar-refractivity contribution in [3.63, 3.8) is 0 Å². The minimum atomic E-state index is -3.10. The molecular formula is C19H18Cl2N2O3S2. The number of hydrogen-bond donors (Lipinski definition) is 0. The molecule has 9 heteroatoms. The van der Waals surface area contributed by atoms with Gasteiger partial charge < -0.3 is 9.64 Å². The number of sulfone groups is 1. The number of benzene rings is 2. The predicted octanol–water partition coefficient (Wildman–Crippen LogP) is 4.15. The fraction of sp³-hybridized carbons (Fsp3) is 0.316. The van der Waals surface area contributed by atoms with E-state index in [4.69, 9.17) is 32.9 Å². The Bertz CT molecular complexity index is 979. The van der Waals surface area contributed by atoms with Crippen molar-refractivity contribution in [3.05, 3.63) is 58.6 Å². The summed E-state index contributed by atoms with van der Waals surface area (Å²) in [4.78, 5) is 6.65. The molecule has 2 aromatic carbocycles. The van der Waals surface area contributed by atoms with Gasteiger partial charge in [0.05, 0.1) is 30.2 Å². The third-order valence-corrected chi connectivity index (χ3v) is 7.63. The van der Waals surface area contributed by atoms with Crippen LogP contribution in [0.5, 0.6) is 5.75 Å². The molecule has 5 nitrogen and oxygen atoms in total. The van der Waals surface area contributed by atoms with Gasteiger partial charge in [-0.15, -0.1) is 0 Å². The monoisotopic (exact) mass is 456 g/mol. The van der Waals surface area contributed by atoms with E-state index in [9.17, 15) is 8.42 Å². The average molecular weight is 457 g/mol. The van der Waals surface area contributed by atoms with Gasteiger partial charge >= 0.3 is 0 Å². The molecule has 2 heterocycles. The number of fused-ring (bicyclic) bond motifs is 1. The Hall–Kier alpha value is -1.41. The molecule has 4 rings (SSSR count). The largest absolute Gasteiger partial charge is 0.493 e. The fourth-order valence-corrected chi connectivity index (χ4v) is 6.72. The Balaban J connectivity index is 1.50. The lowest BCUT2D eigenvalue weighted by Gasteiger charge is -2.26. The van der Waals surface area contributed by atoms with Crippen LogP contribution in [0, 0.1) is 0 Å². The van der Waals surface area contributed by atoms with Gasteiger partial charge in [-0.2, -0.15) is 0 Å². The van der Waals surface area contributed by atoms with Crippen LogP contribution in [0.15, 0.2) is 53.5 Å². The number of halogens is 2. The summed E-state index contributed by atoms with van der Waals surface area (Å²) in [6, 6.07) is 14.4. The standard InChI is InChI=1S/C19H18Cl2N2O3S2/c20-13-8-14(21)10-15(9-13)23-18-12-28(24,25)11-17(18)22-19(23)27-7-6-26-16-4-2-1-3-5-16/h1-5,8-10,17-18H,6-7,11-12H2/t17-,18-/m1/s1. The maximum atomic E-state index is 12.1. The molecule has 0 aromatic heterocycles. The van der Waals surface area contributed by atoms with Crippen molar-refractivity contribution in [1.82, 2.24) is 0 Å². The van der Waals surface area contributed by atoms with E-state index in [0.717, 1.165) is 16.6 Å². The van der Waals surface area contributed by atoms with Crippen LogP contribution in [0.25, 0.3) is 0 Å². The molecule has 0 saturated carbocycles. The first-order chi connectivity index (χ1) is 13.4. The van der Waals surface area contributed by atoms with E-state index >= 15 is 0 Å². The number of thioether (sulfide) groups is 1. The first-order valence-electron chi connectivity index (χ1n) is 8.75. The fourth-order valence-electron chi connectivity index (χ4n) is 3.42. The van der Waals surface area contributed by atoms with Crippen molar-refractivity contribution >= 4 is 55.7 Å². The lowest BCUT2D eigenvalue weighted by atomic mass is 10.1. The highest BCUT2D eigenvalue weighted by molar-refractivity contribution is 8.14. The van der Waals surface area contributed by atoms with E-state index < -0.39 is 9.84 Å². The molecule has 0 radical (unpaired) electrons. The van der Waals surface area contributed by atoms with Crippen LogP contribution in [0.3, 0.4) is 0 Å². The summed E-state index contributed by atoms with van der Waals surface area (Å²) >= 11 is 13.9. The van der Waals surface area contributed by atoms with Crippen LogP contribution in [0.4, 0.5) is 5.69 Å². The van der Waals surface area contributed by atoms with Crippen LogP contribution in [-0.2, 0) is 9.84 Å². The Morgan fingerprint density at radius 2 is 1.82 bits per heavy atom. The lowest BCUT2D eigenvalue weighted by Crippen LogP contribution is -2.39. The molecule has 2 aromatic rings. The average Bonchev–Trinajstić information content (AvgIpc) is 3.09. The predicted molar refractivity (Wildman–Crippen MR) is 117 cm³/mol. The molecular weight excluding hydrogens is 439 g/mol. The zero-order valence-electron chi connectivity index (χ0n) is 14.8. The number of aliphatic imine (C=N–C) groups is 1. The molecule has 0 aliphatic carbocycles. The molecule has 0 unspecified atom stereocenters. The van der Waals surface area contributed by atoms with Gasteiger partial charge in [0.15, 0.2) is 15.0 Å². The van der Waals surface area contributed by atoms with Gasteiger partial charge in [-0.1, -0.05) is 53.2 Å². The maximum absolute atomic E-state index is 12.1. The van der Waals surface area contributed by atoms with E-state index in [-0.39, 0.29) is 23.6 Å². The van der Waals surface area contributed by atoms with Gasteiger partial charge in [-0.3, -0.25) is 4.99 Å². The topological polar surface area (TPSA) is 59.0 Å². The van der Waals surface area contributed by atoms with E-state index in [1.54, 1.807) is 30.0 Å². The molecule has 0 N–H and O–H groups in total. The zero-order chi connectivity index (χ0) is 19.7. The van der Waals surface area contributed by atoms with Crippen molar-refractivity contribution in [2.75, 3.05) is 28.8 Å². The highest BCUT2D eigenvalue weighted by Gasteiger charge is 2.47. The quantitative estimate of drug-likeness (QED) is 0.632. The van der Waals surface area contributed by atoms with Crippen molar-refractivity contribution in [2.45, 2.75) is 12.1 Å². The minimum absolute atomic E-state index is 0.0764. The Morgan fingerprint density at radius 3 is 2.54 bits per heavy atom. The van der Waals surface area contributed by atoms with Gasteiger partial charge in [0.25, 0.3) is 0 Å². The highest BCUT2D eigenvalue weighted by atomic mass is 35.5. The maximum Gasteiger partial charge on any atom is 0.164 e. The van der Waals surface area contributed by atoms with Gasteiger partial charge in [-0.25, -0.2) is 8.42 Å².